The van der Waals surface area contributed by atoms with Gasteiger partial charge in [0.1, 0.15) is 5.82 Å². The summed E-state index contributed by atoms with van der Waals surface area (Å²) >= 11 is 0. The smallest absolute Gasteiger partial charge is 0.274 e. The van der Waals surface area contributed by atoms with Crippen molar-refractivity contribution in [2.45, 2.75) is 6.54 Å². The van der Waals surface area contributed by atoms with Gasteiger partial charge in [0.05, 0.1) is 17.0 Å². The van der Waals surface area contributed by atoms with E-state index >= 15 is 0 Å². The summed E-state index contributed by atoms with van der Waals surface area (Å²) in [4.78, 5) is 21.5. The summed E-state index contributed by atoms with van der Waals surface area (Å²) in [6.07, 6.45) is 0. The van der Waals surface area contributed by atoms with Crippen molar-refractivity contribution in [3.63, 3.8) is 0 Å². The van der Waals surface area contributed by atoms with Crippen molar-refractivity contribution in [2.75, 3.05) is 0 Å². The lowest BCUT2D eigenvalue weighted by atomic mass is 10.2. The van der Waals surface area contributed by atoms with E-state index in [9.17, 15) is 24.5 Å². The van der Waals surface area contributed by atoms with Crippen LogP contribution in [0.15, 0.2) is 47.6 Å². The molecule has 1 aromatic heterocycles. The molecule has 0 bridgehead atoms. The van der Waals surface area contributed by atoms with E-state index in [1.807, 2.05) is 0 Å². The molecule has 1 heterocycles. The highest BCUT2D eigenvalue weighted by Crippen LogP contribution is 2.39. The number of fused-ring (bicyclic) bond motifs is 1. The lowest BCUT2D eigenvalue weighted by Crippen LogP contribution is -2.02. The van der Waals surface area contributed by atoms with Gasteiger partial charge in [-0.3, -0.25) is 10.1 Å². The Balaban J connectivity index is 2.20. The minimum Gasteiger partial charge on any atom is -0.493 e. The van der Waals surface area contributed by atoms with Gasteiger partial charge in [-0.15, -0.1) is 4.91 Å². The van der Waals surface area contributed by atoms with Gasteiger partial charge in [0.2, 0.25) is 5.88 Å². The number of nitro groups is 1. The molecule has 2 aromatic carbocycles. The van der Waals surface area contributed by atoms with Gasteiger partial charge in [-0.1, -0.05) is 18.2 Å². The number of benzene rings is 2. The first-order chi connectivity index (χ1) is 11.0. The molecule has 0 radical (unpaired) electrons. The van der Waals surface area contributed by atoms with Gasteiger partial charge in [0, 0.05) is 17.0 Å². The van der Waals surface area contributed by atoms with E-state index in [1.54, 1.807) is 12.1 Å². The molecule has 116 valence electrons. The number of nitroso groups, excluding NO2 is 1. The number of para-hydroxylation sites is 1. The Kier molecular flexibility index (Phi) is 3.49. The van der Waals surface area contributed by atoms with Crippen LogP contribution in [0.3, 0.4) is 0 Å². The Morgan fingerprint density at radius 2 is 2.00 bits per heavy atom. The molecule has 3 aromatic rings. The van der Waals surface area contributed by atoms with Crippen LogP contribution in [0.5, 0.6) is 5.88 Å². The van der Waals surface area contributed by atoms with Gasteiger partial charge < -0.3 is 9.67 Å². The van der Waals surface area contributed by atoms with Crippen LogP contribution in [-0.4, -0.2) is 14.6 Å². The fraction of sp³-hybridized carbons (Fsp3) is 0.0667. The van der Waals surface area contributed by atoms with Gasteiger partial charge in [0.25, 0.3) is 5.69 Å². The van der Waals surface area contributed by atoms with Crippen molar-refractivity contribution in [1.29, 1.82) is 0 Å². The van der Waals surface area contributed by atoms with E-state index in [4.69, 9.17) is 0 Å². The minimum absolute atomic E-state index is 0.0549. The molecule has 3 rings (SSSR count). The summed E-state index contributed by atoms with van der Waals surface area (Å²) < 4.78 is 14.7. The van der Waals surface area contributed by atoms with Crippen LogP contribution < -0.4 is 0 Å². The van der Waals surface area contributed by atoms with Crippen molar-refractivity contribution in [1.82, 2.24) is 4.57 Å². The van der Waals surface area contributed by atoms with Crippen LogP contribution in [0, 0.1) is 20.8 Å². The van der Waals surface area contributed by atoms with E-state index in [0.29, 0.717) is 11.1 Å². The molecule has 7 nitrogen and oxygen atoms in total. The van der Waals surface area contributed by atoms with E-state index in [0.717, 1.165) is 6.07 Å². The molecule has 0 unspecified atom stereocenters. The third-order valence-electron chi connectivity index (χ3n) is 3.58. The Morgan fingerprint density at radius 3 is 2.70 bits per heavy atom. The second kappa shape index (κ2) is 5.48. The van der Waals surface area contributed by atoms with Gasteiger partial charge in [0.15, 0.2) is 5.69 Å². The third kappa shape index (κ3) is 2.39. The standard InChI is InChI=1S/C15H10FN3O4/c16-10-5-6-13-11(7-10)14(17-21)15(20)18(13)8-9-3-1-2-4-12(9)19(22)23/h1-7,20H,8H2. The predicted octanol–water partition coefficient (Wildman–Crippen LogP) is 3.84. The first-order valence-electron chi connectivity index (χ1n) is 6.59. The lowest BCUT2D eigenvalue weighted by Gasteiger charge is -2.07. The normalized spacial score (nSPS) is 10.8. The van der Waals surface area contributed by atoms with Crippen molar-refractivity contribution in [3.05, 3.63) is 68.9 Å². The highest BCUT2D eigenvalue weighted by Gasteiger charge is 2.21. The molecule has 0 fully saturated rings. The number of hydrogen-bond donors (Lipinski definition) is 1. The number of aromatic nitrogens is 1. The van der Waals surface area contributed by atoms with Gasteiger partial charge in [-0.2, -0.15) is 0 Å². The zero-order chi connectivity index (χ0) is 16.6. The molecule has 0 atom stereocenters. The molecule has 0 saturated carbocycles. The number of nitro benzene ring substituents is 1. The lowest BCUT2D eigenvalue weighted by molar-refractivity contribution is -0.385. The van der Waals surface area contributed by atoms with Crippen LogP contribution in [0.4, 0.5) is 15.8 Å². The van der Waals surface area contributed by atoms with E-state index < -0.39 is 16.6 Å². The molecular formula is C15H10FN3O4. The molecule has 0 aliphatic rings. The molecule has 0 aliphatic heterocycles. The second-order valence-electron chi connectivity index (χ2n) is 4.90. The average molecular weight is 315 g/mol. The van der Waals surface area contributed by atoms with Crippen molar-refractivity contribution >= 4 is 22.3 Å². The molecule has 0 spiro atoms. The van der Waals surface area contributed by atoms with Gasteiger partial charge in [-0.25, -0.2) is 4.39 Å². The summed E-state index contributed by atoms with van der Waals surface area (Å²) in [6, 6.07) is 9.69. The maximum absolute atomic E-state index is 13.4. The van der Waals surface area contributed by atoms with Crippen LogP contribution in [0.1, 0.15) is 5.56 Å². The highest BCUT2D eigenvalue weighted by atomic mass is 19.1. The number of hydrogen-bond acceptors (Lipinski definition) is 5. The monoisotopic (exact) mass is 315 g/mol. The summed E-state index contributed by atoms with van der Waals surface area (Å²) in [7, 11) is 0. The number of halogens is 1. The molecular weight excluding hydrogens is 305 g/mol. The van der Waals surface area contributed by atoms with Crippen LogP contribution >= 0.6 is 0 Å². The molecule has 0 saturated heterocycles. The topological polar surface area (TPSA) is 97.7 Å². The van der Waals surface area contributed by atoms with Crippen molar-refractivity contribution in [3.8, 4) is 5.88 Å². The van der Waals surface area contributed by atoms with Gasteiger partial charge >= 0.3 is 0 Å². The van der Waals surface area contributed by atoms with Crippen molar-refractivity contribution < 1.29 is 14.4 Å². The highest BCUT2D eigenvalue weighted by molar-refractivity contribution is 5.95. The minimum atomic E-state index is -0.578. The van der Waals surface area contributed by atoms with Crippen LogP contribution in [0.25, 0.3) is 10.9 Å². The average Bonchev–Trinajstić information content (AvgIpc) is 2.78. The first-order valence-corrected chi connectivity index (χ1v) is 6.59. The molecule has 8 heteroatoms. The molecule has 1 N–H and O–H groups in total. The van der Waals surface area contributed by atoms with Gasteiger partial charge in [-0.05, 0) is 23.4 Å². The van der Waals surface area contributed by atoms with E-state index in [1.165, 1.54) is 28.8 Å². The zero-order valence-electron chi connectivity index (χ0n) is 11.6. The fourth-order valence-corrected chi connectivity index (χ4v) is 2.54. The number of aromatic hydroxyl groups is 1. The van der Waals surface area contributed by atoms with E-state index in [-0.39, 0.29) is 23.3 Å². The van der Waals surface area contributed by atoms with Crippen molar-refractivity contribution in [2.24, 2.45) is 5.18 Å². The SMILES string of the molecule is O=Nc1c(O)n(Cc2ccccc2[N+](=O)[O-])c2ccc(F)cc12. The number of nitrogens with zero attached hydrogens (tertiary/aromatic N) is 3. The third-order valence-corrected chi connectivity index (χ3v) is 3.58. The molecule has 0 aliphatic carbocycles. The fourth-order valence-electron chi connectivity index (χ4n) is 2.54. The Hall–Kier alpha value is -3.29. The number of rotatable bonds is 4. The Morgan fingerprint density at radius 1 is 1.26 bits per heavy atom. The Bertz CT molecular complexity index is 936. The largest absolute Gasteiger partial charge is 0.493 e. The summed E-state index contributed by atoms with van der Waals surface area (Å²) in [5.41, 5.74) is 0.290. The van der Waals surface area contributed by atoms with E-state index in [2.05, 4.69) is 5.18 Å². The maximum Gasteiger partial charge on any atom is 0.274 e. The second-order valence-corrected chi connectivity index (χ2v) is 4.90. The zero-order valence-corrected chi connectivity index (χ0v) is 11.6. The summed E-state index contributed by atoms with van der Waals surface area (Å²) in [6.45, 7) is -0.0549. The first kappa shape index (κ1) is 14.6. The molecule has 0 amide bonds. The quantitative estimate of drug-likeness (QED) is 0.449. The Labute approximate surface area is 128 Å². The maximum atomic E-state index is 13.4. The summed E-state index contributed by atoms with van der Waals surface area (Å²) in [5.74, 6) is -1.04. The van der Waals surface area contributed by atoms with Crippen LogP contribution in [-0.2, 0) is 6.54 Å². The summed E-state index contributed by atoms with van der Waals surface area (Å²) in [5, 5.41) is 24.1. The molecule has 23 heavy (non-hydrogen) atoms. The van der Waals surface area contributed by atoms with Crippen LogP contribution in [0.2, 0.25) is 0 Å². The predicted molar refractivity (Wildman–Crippen MR) is 81.2 cm³/mol.